The van der Waals surface area contributed by atoms with Crippen molar-refractivity contribution in [2.45, 2.75) is 38.1 Å². The van der Waals surface area contributed by atoms with Crippen LogP contribution in [0.15, 0.2) is 6.07 Å². The number of aromatic amines is 1. The molecular formula is C11H16N2. The highest BCUT2D eigenvalue weighted by Crippen LogP contribution is 2.36. The molecule has 1 aliphatic heterocycles. The molecule has 0 atom stereocenters. The normalized spacial score (nSPS) is 22.5. The van der Waals surface area contributed by atoms with Crippen LogP contribution in [-0.4, -0.2) is 11.5 Å². The zero-order valence-electron chi connectivity index (χ0n) is 7.90. The van der Waals surface area contributed by atoms with Gasteiger partial charge in [0, 0.05) is 17.9 Å². The Bertz CT molecular complexity index is 286. The minimum atomic E-state index is 0.852. The molecule has 1 fully saturated rings. The van der Waals surface area contributed by atoms with Crippen molar-refractivity contribution in [3.8, 4) is 0 Å². The smallest absolute Gasteiger partial charge is 0.0360 e. The Morgan fingerprint density at radius 3 is 2.92 bits per heavy atom. The van der Waals surface area contributed by atoms with Crippen molar-refractivity contribution in [3.05, 3.63) is 23.0 Å². The van der Waals surface area contributed by atoms with Gasteiger partial charge in [-0.2, -0.15) is 0 Å². The fraction of sp³-hybridized carbons (Fsp3) is 0.636. The molecule has 0 radical (unpaired) electrons. The minimum Gasteiger partial charge on any atom is -0.361 e. The van der Waals surface area contributed by atoms with Crippen molar-refractivity contribution in [2.75, 3.05) is 6.54 Å². The van der Waals surface area contributed by atoms with Gasteiger partial charge in [0.05, 0.1) is 0 Å². The van der Waals surface area contributed by atoms with Gasteiger partial charge in [0.25, 0.3) is 0 Å². The first-order chi connectivity index (χ1) is 6.43. The van der Waals surface area contributed by atoms with Gasteiger partial charge in [-0.05, 0) is 43.4 Å². The summed E-state index contributed by atoms with van der Waals surface area (Å²) in [7, 11) is 0. The average Bonchev–Trinajstić information content (AvgIpc) is 2.43. The van der Waals surface area contributed by atoms with Crippen molar-refractivity contribution >= 4 is 0 Å². The molecule has 0 unspecified atom stereocenters. The number of hydrogen-bond acceptors (Lipinski definition) is 1. The topological polar surface area (TPSA) is 27.8 Å². The molecule has 1 saturated carbocycles. The van der Waals surface area contributed by atoms with E-state index in [-0.39, 0.29) is 0 Å². The number of rotatable bonds is 1. The van der Waals surface area contributed by atoms with Crippen LogP contribution in [-0.2, 0) is 13.0 Å². The summed E-state index contributed by atoms with van der Waals surface area (Å²) < 4.78 is 0. The zero-order valence-corrected chi connectivity index (χ0v) is 7.90. The molecule has 13 heavy (non-hydrogen) atoms. The summed E-state index contributed by atoms with van der Waals surface area (Å²) in [4.78, 5) is 3.57. The molecule has 1 aromatic heterocycles. The largest absolute Gasteiger partial charge is 0.361 e. The molecule has 2 heteroatoms. The van der Waals surface area contributed by atoms with Crippen LogP contribution in [0.25, 0.3) is 0 Å². The van der Waals surface area contributed by atoms with Crippen molar-refractivity contribution < 1.29 is 0 Å². The van der Waals surface area contributed by atoms with Gasteiger partial charge in [-0.3, -0.25) is 0 Å². The van der Waals surface area contributed by atoms with Gasteiger partial charge < -0.3 is 10.3 Å². The molecule has 0 saturated heterocycles. The van der Waals surface area contributed by atoms with Gasteiger partial charge in [0.2, 0.25) is 0 Å². The summed E-state index contributed by atoms with van der Waals surface area (Å²) in [5, 5.41) is 3.40. The Balaban J connectivity index is 1.90. The number of aromatic nitrogens is 1. The predicted molar refractivity (Wildman–Crippen MR) is 52.8 cm³/mol. The Morgan fingerprint density at radius 1 is 1.31 bits per heavy atom. The van der Waals surface area contributed by atoms with Crippen LogP contribution in [0.5, 0.6) is 0 Å². The van der Waals surface area contributed by atoms with Gasteiger partial charge in [-0.15, -0.1) is 0 Å². The first kappa shape index (κ1) is 7.63. The Hall–Kier alpha value is -0.760. The highest BCUT2D eigenvalue weighted by atomic mass is 14.9. The summed E-state index contributed by atoms with van der Waals surface area (Å²) in [5.41, 5.74) is 4.49. The van der Waals surface area contributed by atoms with E-state index in [1.807, 2.05) is 0 Å². The van der Waals surface area contributed by atoms with Crippen LogP contribution in [0.2, 0.25) is 0 Å². The molecule has 0 amide bonds. The van der Waals surface area contributed by atoms with Crippen LogP contribution >= 0.6 is 0 Å². The number of hydrogen-bond donors (Lipinski definition) is 2. The standard InChI is InChI=1S/C11H16N2/c1-2-8(3-1)10-6-9-4-5-12-7-11(9)13-10/h6,8,12-13H,1-5,7H2. The summed E-state index contributed by atoms with van der Waals surface area (Å²) in [5.74, 6) is 0.852. The van der Waals surface area contributed by atoms with Crippen LogP contribution in [0, 0.1) is 0 Å². The van der Waals surface area contributed by atoms with Crippen LogP contribution in [0.4, 0.5) is 0 Å². The third-order valence-electron chi connectivity index (χ3n) is 3.43. The van der Waals surface area contributed by atoms with Crippen LogP contribution in [0.3, 0.4) is 0 Å². The SMILES string of the molecule is c1c(C2CCC2)[nH]c2c1CCNC2. The summed E-state index contributed by atoms with van der Waals surface area (Å²) in [6.07, 6.45) is 5.42. The first-order valence-corrected chi connectivity index (χ1v) is 5.35. The lowest BCUT2D eigenvalue weighted by molar-refractivity contribution is 0.412. The number of fused-ring (bicyclic) bond motifs is 1. The highest BCUT2D eigenvalue weighted by Gasteiger charge is 2.23. The van der Waals surface area contributed by atoms with Crippen LogP contribution < -0.4 is 5.32 Å². The van der Waals surface area contributed by atoms with Gasteiger partial charge in [0.1, 0.15) is 0 Å². The van der Waals surface area contributed by atoms with Crippen molar-refractivity contribution in [2.24, 2.45) is 0 Å². The second-order valence-electron chi connectivity index (χ2n) is 4.28. The Kier molecular flexibility index (Phi) is 1.69. The molecule has 1 aromatic rings. The van der Waals surface area contributed by atoms with Gasteiger partial charge in [0.15, 0.2) is 0 Å². The molecule has 2 heterocycles. The molecule has 0 spiro atoms. The van der Waals surface area contributed by atoms with Crippen LogP contribution in [0.1, 0.15) is 42.1 Å². The zero-order chi connectivity index (χ0) is 8.67. The second kappa shape index (κ2) is 2.88. The molecule has 2 N–H and O–H groups in total. The van der Waals surface area contributed by atoms with Crippen molar-refractivity contribution in [1.29, 1.82) is 0 Å². The fourth-order valence-corrected chi connectivity index (χ4v) is 2.32. The Morgan fingerprint density at radius 2 is 2.23 bits per heavy atom. The molecule has 0 bridgehead atoms. The maximum Gasteiger partial charge on any atom is 0.0360 e. The first-order valence-electron chi connectivity index (χ1n) is 5.35. The maximum atomic E-state index is 3.57. The van der Waals surface area contributed by atoms with E-state index < -0.39 is 0 Å². The van der Waals surface area contributed by atoms with Crippen molar-refractivity contribution in [1.82, 2.24) is 10.3 Å². The van der Waals surface area contributed by atoms with E-state index in [0.717, 1.165) is 19.0 Å². The quantitative estimate of drug-likeness (QED) is 0.672. The van der Waals surface area contributed by atoms with E-state index in [0.29, 0.717) is 0 Å². The monoisotopic (exact) mass is 176 g/mol. The molecule has 2 aliphatic rings. The highest BCUT2D eigenvalue weighted by molar-refractivity contribution is 5.30. The molecule has 1 aliphatic carbocycles. The average molecular weight is 176 g/mol. The second-order valence-corrected chi connectivity index (χ2v) is 4.28. The number of nitrogens with one attached hydrogen (secondary N) is 2. The van der Waals surface area contributed by atoms with Crippen molar-refractivity contribution in [3.63, 3.8) is 0 Å². The van der Waals surface area contributed by atoms with E-state index in [9.17, 15) is 0 Å². The summed E-state index contributed by atoms with van der Waals surface area (Å²) in [6.45, 7) is 2.19. The maximum absolute atomic E-state index is 3.57. The van der Waals surface area contributed by atoms with Gasteiger partial charge in [-0.25, -0.2) is 0 Å². The lowest BCUT2D eigenvalue weighted by Crippen LogP contribution is -2.22. The van der Waals surface area contributed by atoms with E-state index in [4.69, 9.17) is 0 Å². The summed E-state index contributed by atoms with van der Waals surface area (Å²) in [6, 6.07) is 2.40. The number of H-pyrrole nitrogens is 1. The van der Waals surface area contributed by atoms with Gasteiger partial charge >= 0.3 is 0 Å². The molecular weight excluding hydrogens is 160 g/mol. The molecule has 2 nitrogen and oxygen atoms in total. The summed E-state index contributed by atoms with van der Waals surface area (Å²) >= 11 is 0. The fourth-order valence-electron chi connectivity index (χ4n) is 2.32. The molecule has 0 aromatic carbocycles. The van der Waals surface area contributed by atoms with E-state index in [2.05, 4.69) is 16.4 Å². The Labute approximate surface area is 78.7 Å². The van der Waals surface area contributed by atoms with Gasteiger partial charge in [-0.1, -0.05) is 6.42 Å². The lowest BCUT2D eigenvalue weighted by Gasteiger charge is -2.24. The van der Waals surface area contributed by atoms with E-state index in [1.165, 1.54) is 37.1 Å². The molecule has 3 rings (SSSR count). The minimum absolute atomic E-state index is 0.852. The van der Waals surface area contributed by atoms with E-state index in [1.54, 1.807) is 5.56 Å². The van der Waals surface area contributed by atoms with E-state index >= 15 is 0 Å². The predicted octanol–water partition coefficient (Wildman–Crippen LogP) is 1.93. The third kappa shape index (κ3) is 1.20. The molecule has 70 valence electrons. The lowest BCUT2D eigenvalue weighted by atomic mass is 9.83. The third-order valence-corrected chi connectivity index (χ3v) is 3.43.